The summed E-state index contributed by atoms with van der Waals surface area (Å²) in [6.07, 6.45) is 4.19. The number of ketones is 1. The Kier molecular flexibility index (Phi) is 1.83. The van der Waals surface area contributed by atoms with Gasteiger partial charge in [0.2, 0.25) is 0 Å². The summed E-state index contributed by atoms with van der Waals surface area (Å²) in [4.78, 5) is 12.4. The van der Waals surface area contributed by atoms with Crippen molar-refractivity contribution < 1.29 is 9.90 Å². The van der Waals surface area contributed by atoms with Crippen LogP contribution in [0.1, 0.15) is 52.9 Å². The number of hydrogen-bond acceptors (Lipinski definition) is 2. The highest BCUT2D eigenvalue weighted by molar-refractivity contribution is 5.89. The predicted molar refractivity (Wildman–Crippen MR) is 61.9 cm³/mol. The molecule has 0 aromatic rings. The fourth-order valence-corrected chi connectivity index (χ4v) is 5.29. The lowest BCUT2D eigenvalue weighted by molar-refractivity contribution is -0.199. The monoisotopic (exact) mass is 222 g/mol. The van der Waals surface area contributed by atoms with Gasteiger partial charge in [0, 0.05) is 17.3 Å². The van der Waals surface area contributed by atoms with E-state index in [0.29, 0.717) is 30.0 Å². The van der Waals surface area contributed by atoms with Crippen LogP contribution in [0.4, 0.5) is 0 Å². The summed E-state index contributed by atoms with van der Waals surface area (Å²) < 4.78 is 0. The Bertz CT molecular complexity index is 360. The van der Waals surface area contributed by atoms with Crippen molar-refractivity contribution in [2.24, 2.45) is 22.2 Å². The summed E-state index contributed by atoms with van der Waals surface area (Å²) in [6, 6.07) is 0. The standard InChI is InChI=1S/C14H22O2/c1-12(2)8-14-9(12)6-7-13(14,3)10(15)4-5-11(14)16/h9-10,15H,4-8H2,1-3H3/t9-,10-,13-,14-/m0/s1. The van der Waals surface area contributed by atoms with Crippen LogP contribution in [-0.2, 0) is 4.79 Å². The largest absolute Gasteiger partial charge is 0.393 e. The van der Waals surface area contributed by atoms with Gasteiger partial charge in [-0.25, -0.2) is 0 Å². The number of aliphatic hydroxyl groups excluding tert-OH is 1. The molecule has 3 aliphatic carbocycles. The lowest BCUT2D eigenvalue weighted by Gasteiger charge is -2.64. The average molecular weight is 222 g/mol. The van der Waals surface area contributed by atoms with Crippen LogP contribution in [0.3, 0.4) is 0 Å². The van der Waals surface area contributed by atoms with Gasteiger partial charge in [0.1, 0.15) is 5.78 Å². The van der Waals surface area contributed by atoms with Gasteiger partial charge in [-0.3, -0.25) is 4.79 Å². The van der Waals surface area contributed by atoms with Gasteiger partial charge in [-0.15, -0.1) is 0 Å². The second-order valence-corrected chi connectivity index (χ2v) is 7.12. The van der Waals surface area contributed by atoms with Crippen LogP contribution >= 0.6 is 0 Å². The molecule has 0 unspecified atom stereocenters. The summed E-state index contributed by atoms with van der Waals surface area (Å²) >= 11 is 0. The Hall–Kier alpha value is -0.370. The van der Waals surface area contributed by atoms with E-state index in [0.717, 1.165) is 19.3 Å². The molecular formula is C14H22O2. The molecule has 4 atom stereocenters. The van der Waals surface area contributed by atoms with Crippen molar-refractivity contribution >= 4 is 5.78 Å². The van der Waals surface area contributed by atoms with Gasteiger partial charge in [-0.05, 0) is 37.0 Å². The van der Waals surface area contributed by atoms with E-state index in [2.05, 4.69) is 20.8 Å². The van der Waals surface area contributed by atoms with Gasteiger partial charge in [-0.1, -0.05) is 20.8 Å². The van der Waals surface area contributed by atoms with Crippen LogP contribution in [0, 0.1) is 22.2 Å². The molecule has 1 spiro atoms. The molecule has 0 saturated heterocycles. The van der Waals surface area contributed by atoms with Crippen LogP contribution in [0.2, 0.25) is 0 Å². The third kappa shape index (κ3) is 0.883. The number of rotatable bonds is 0. The molecule has 3 saturated carbocycles. The molecule has 0 bridgehead atoms. The van der Waals surface area contributed by atoms with Gasteiger partial charge in [-0.2, -0.15) is 0 Å². The zero-order valence-electron chi connectivity index (χ0n) is 10.5. The molecule has 0 radical (unpaired) electrons. The minimum atomic E-state index is -0.258. The highest BCUT2D eigenvalue weighted by atomic mass is 16.3. The quantitative estimate of drug-likeness (QED) is 0.684. The molecule has 90 valence electrons. The molecule has 1 N–H and O–H groups in total. The maximum Gasteiger partial charge on any atom is 0.140 e. The molecule has 2 nitrogen and oxygen atoms in total. The molecule has 0 heterocycles. The van der Waals surface area contributed by atoms with Crippen LogP contribution < -0.4 is 0 Å². The first-order valence-corrected chi connectivity index (χ1v) is 6.56. The van der Waals surface area contributed by atoms with E-state index in [9.17, 15) is 9.90 Å². The first-order valence-electron chi connectivity index (χ1n) is 6.56. The highest BCUT2D eigenvalue weighted by Crippen LogP contribution is 2.76. The van der Waals surface area contributed by atoms with Crippen LogP contribution in [0.25, 0.3) is 0 Å². The van der Waals surface area contributed by atoms with Crippen LogP contribution in [-0.4, -0.2) is 17.0 Å². The van der Waals surface area contributed by atoms with Gasteiger partial charge < -0.3 is 5.11 Å². The van der Waals surface area contributed by atoms with Crippen LogP contribution in [0.15, 0.2) is 0 Å². The Balaban J connectivity index is 2.08. The van der Waals surface area contributed by atoms with Gasteiger partial charge in [0.05, 0.1) is 6.10 Å². The van der Waals surface area contributed by atoms with E-state index in [1.54, 1.807) is 0 Å². The number of Topliss-reactive ketones (excluding diaryl/α,β-unsaturated/α-hetero) is 1. The molecule has 0 aliphatic heterocycles. The number of hydrogen-bond donors (Lipinski definition) is 1. The Morgan fingerprint density at radius 2 is 1.94 bits per heavy atom. The van der Waals surface area contributed by atoms with E-state index in [1.165, 1.54) is 0 Å². The summed E-state index contributed by atoms with van der Waals surface area (Å²) in [5.41, 5.74) is 0.0289. The molecule has 0 aromatic heterocycles. The van der Waals surface area contributed by atoms with E-state index < -0.39 is 0 Å². The van der Waals surface area contributed by atoms with E-state index in [-0.39, 0.29) is 16.9 Å². The lowest BCUT2D eigenvalue weighted by Crippen LogP contribution is -2.65. The Morgan fingerprint density at radius 3 is 2.56 bits per heavy atom. The van der Waals surface area contributed by atoms with Crippen molar-refractivity contribution in [2.75, 3.05) is 0 Å². The van der Waals surface area contributed by atoms with Crippen molar-refractivity contribution in [1.29, 1.82) is 0 Å². The van der Waals surface area contributed by atoms with Gasteiger partial charge in [0.25, 0.3) is 0 Å². The maximum absolute atomic E-state index is 12.4. The number of aliphatic hydroxyl groups is 1. The fraction of sp³-hybridized carbons (Fsp3) is 0.929. The summed E-state index contributed by atoms with van der Waals surface area (Å²) in [5, 5.41) is 10.3. The normalized spacial score (nSPS) is 54.1. The van der Waals surface area contributed by atoms with Crippen LogP contribution in [0.5, 0.6) is 0 Å². The average Bonchev–Trinajstić information content (AvgIpc) is 2.45. The summed E-state index contributed by atoms with van der Waals surface area (Å²) in [5.74, 6) is 0.967. The molecule has 3 aliphatic rings. The topological polar surface area (TPSA) is 37.3 Å². The SMILES string of the molecule is CC1(C)C[C@]23C(=O)CC[C@H](O)[C@]2(C)CC[C@@H]13. The zero-order chi connectivity index (χ0) is 11.8. The highest BCUT2D eigenvalue weighted by Gasteiger charge is 2.74. The molecule has 16 heavy (non-hydrogen) atoms. The minimum absolute atomic E-state index is 0.122. The molecule has 3 fully saturated rings. The third-order valence-electron chi connectivity index (χ3n) is 6.12. The molecular weight excluding hydrogens is 200 g/mol. The van der Waals surface area contributed by atoms with Crippen molar-refractivity contribution in [1.82, 2.24) is 0 Å². The second-order valence-electron chi connectivity index (χ2n) is 7.12. The molecule has 0 amide bonds. The van der Waals surface area contributed by atoms with E-state index in [4.69, 9.17) is 0 Å². The number of carbonyl (C=O) groups is 1. The fourth-order valence-electron chi connectivity index (χ4n) is 5.29. The first-order chi connectivity index (χ1) is 7.34. The summed E-state index contributed by atoms with van der Waals surface area (Å²) in [6.45, 7) is 6.72. The number of carbonyl (C=O) groups excluding carboxylic acids is 1. The van der Waals surface area contributed by atoms with Crippen molar-refractivity contribution in [2.45, 2.75) is 59.0 Å². The van der Waals surface area contributed by atoms with E-state index >= 15 is 0 Å². The molecule has 2 heteroatoms. The minimum Gasteiger partial charge on any atom is -0.393 e. The smallest absolute Gasteiger partial charge is 0.140 e. The summed E-state index contributed by atoms with van der Waals surface area (Å²) in [7, 11) is 0. The Morgan fingerprint density at radius 1 is 1.25 bits per heavy atom. The second kappa shape index (κ2) is 2.72. The third-order valence-corrected chi connectivity index (χ3v) is 6.12. The predicted octanol–water partition coefficient (Wildman–Crippen LogP) is 2.54. The van der Waals surface area contributed by atoms with Gasteiger partial charge >= 0.3 is 0 Å². The van der Waals surface area contributed by atoms with Crippen molar-refractivity contribution in [3.8, 4) is 0 Å². The lowest BCUT2D eigenvalue weighted by atomic mass is 9.38. The van der Waals surface area contributed by atoms with Crippen molar-refractivity contribution in [3.63, 3.8) is 0 Å². The molecule has 3 rings (SSSR count). The Labute approximate surface area is 97.4 Å². The van der Waals surface area contributed by atoms with Crippen molar-refractivity contribution in [3.05, 3.63) is 0 Å². The molecule has 0 aromatic carbocycles. The maximum atomic E-state index is 12.4. The van der Waals surface area contributed by atoms with Gasteiger partial charge in [0.15, 0.2) is 0 Å². The zero-order valence-corrected chi connectivity index (χ0v) is 10.5. The first kappa shape index (κ1) is 10.8. The van der Waals surface area contributed by atoms with E-state index in [1.807, 2.05) is 0 Å².